The van der Waals surface area contributed by atoms with E-state index >= 15 is 0 Å². The first-order chi connectivity index (χ1) is 19.5. The summed E-state index contributed by atoms with van der Waals surface area (Å²) in [5.41, 5.74) is 2.05. The van der Waals surface area contributed by atoms with E-state index in [1.807, 2.05) is 85.1 Å². The number of hydrogen-bond donors (Lipinski definition) is 0. The van der Waals surface area contributed by atoms with E-state index in [9.17, 15) is 0 Å². The highest BCUT2D eigenvalue weighted by molar-refractivity contribution is 6.00. The lowest BCUT2D eigenvalue weighted by atomic mass is 9.77. The Kier molecular flexibility index (Phi) is 5.74. The summed E-state index contributed by atoms with van der Waals surface area (Å²) in [6.45, 7) is 5.62. The predicted octanol–water partition coefficient (Wildman–Crippen LogP) is 8.30. The molecule has 0 fully saturated rings. The monoisotopic (exact) mass is 526 g/mol. The van der Waals surface area contributed by atoms with E-state index in [1.165, 1.54) is 5.56 Å². The van der Waals surface area contributed by atoms with E-state index in [0.717, 1.165) is 45.1 Å². The van der Waals surface area contributed by atoms with Crippen LogP contribution in [0.4, 0.5) is 11.4 Å². The maximum atomic E-state index is 7.02. The van der Waals surface area contributed by atoms with Crippen LogP contribution in [0.3, 0.4) is 0 Å². The third-order valence-electron chi connectivity index (χ3n) is 8.03. The molecule has 0 amide bonds. The number of benzene rings is 5. The van der Waals surface area contributed by atoms with Crippen molar-refractivity contribution in [3.05, 3.63) is 121 Å². The van der Waals surface area contributed by atoms with Crippen molar-refractivity contribution in [2.45, 2.75) is 25.0 Å². The molecular formula is C35H30N2O3. The summed E-state index contributed by atoms with van der Waals surface area (Å²) in [6.07, 6.45) is 1.99. The summed E-state index contributed by atoms with van der Waals surface area (Å²) in [5, 5.41) is 2.07. The van der Waals surface area contributed by atoms with E-state index in [4.69, 9.17) is 19.2 Å². The highest BCUT2D eigenvalue weighted by Crippen LogP contribution is 2.54. The molecule has 0 radical (unpaired) electrons. The smallest absolute Gasteiger partial charge is 0.229 e. The fourth-order valence-electron chi connectivity index (χ4n) is 5.94. The molecule has 2 aliphatic rings. The Bertz CT molecular complexity index is 1720. The molecule has 1 unspecified atom stereocenters. The van der Waals surface area contributed by atoms with E-state index in [1.54, 1.807) is 0 Å². The standard InChI is InChI=1S/C35H30N2O3/c1-34(2)30-15-9-10-16-31(30)37(21-22-38-26-11-5-3-6-12-26)35(34)24-36-33-29-19-18-28(39-27-13-7-4-8-14-27)23-25(29)17-20-32(33)40-35/h3-20,23-24H,21-22H2,1-2H3. The fourth-order valence-corrected chi connectivity index (χ4v) is 5.94. The van der Waals surface area contributed by atoms with E-state index in [0.29, 0.717) is 13.2 Å². The molecule has 40 heavy (non-hydrogen) atoms. The van der Waals surface area contributed by atoms with Crippen molar-refractivity contribution >= 4 is 28.4 Å². The van der Waals surface area contributed by atoms with Crippen molar-refractivity contribution < 1.29 is 14.2 Å². The lowest BCUT2D eigenvalue weighted by molar-refractivity contribution is 0.0750. The molecule has 0 bridgehead atoms. The maximum absolute atomic E-state index is 7.02. The van der Waals surface area contributed by atoms with Gasteiger partial charge in [-0.15, -0.1) is 0 Å². The lowest BCUT2D eigenvalue weighted by Crippen LogP contribution is -2.62. The Morgan fingerprint density at radius 2 is 1.48 bits per heavy atom. The largest absolute Gasteiger partial charge is 0.492 e. The molecule has 5 heteroatoms. The van der Waals surface area contributed by atoms with Crippen molar-refractivity contribution in [2.75, 3.05) is 18.1 Å². The molecule has 1 atom stereocenters. The number of hydrogen-bond acceptors (Lipinski definition) is 5. The van der Waals surface area contributed by atoms with Crippen molar-refractivity contribution in [3.63, 3.8) is 0 Å². The zero-order valence-electron chi connectivity index (χ0n) is 22.6. The van der Waals surface area contributed by atoms with Gasteiger partial charge in [0, 0.05) is 11.1 Å². The summed E-state index contributed by atoms with van der Waals surface area (Å²) in [6, 6.07) is 38.5. The van der Waals surface area contributed by atoms with Crippen LogP contribution < -0.4 is 19.1 Å². The molecule has 0 aliphatic carbocycles. The minimum Gasteiger partial charge on any atom is -0.492 e. The molecule has 5 aromatic rings. The second-order valence-electron chi connectivity index (χ2n) is 10.7. The van der Waals surface area contributed by atoms with Gasteiger partial charge in [0.05, 0.1) is 18.2 Å². The van der Waals surface area contributed by atoms with Crippen LogP contribution in [0.15, 0.2) is 120 Å². The zero-order chi connectivity index (χ0) is 27.2. The minimum absolute atomic E-state index is 0.361. The Morgan fingerprint density at radius 3 is 2.27 bits per heavy atom. The van der Waals surface area contributed by atoms with E-state index in [2.05, 4.69) is 55.1 Å². The van der Waals surface area contributed by atoms with Crippen LogP contribution in [0.25, 0.3) is 10.8 Å². The van der Waals surface area contributed by atoms with Gasteiger partial charge in [-0.05, 0) is 79.4 Å². The quantitative estimate of drug-likeness (QED) is 0.223. The van der Waals surface area contributed by atoms with Gasteiger partial charge in [0.2, 0.25) is 5.72 Å². The molecule has 5 nitrogen and oxygen atoms in total. The van der Waals surface area contributed by atoms with Crippen molar-refractivity contribution in [1.82, 2.24) is 0 Å². The number of nitrogens with zero attached hydrogens (tertiary/aromatic N) is 2. The van der Waals surface area contributed by atoms with Gasteiger partial charge in [0.25, 0.3) is 0 Å². The third kappa shape index (κ3) is 3.89. The minimum atomic E-state index is -0.798. The first kappa shape index (κ1) is 24.3. The van der Waals surface area contributed by atoms with Gasteiger partial charge < -0.3 is 19.1 Å². The molecule has 2 aliphatic heterocycles. The first-order valence-electron chi connectivity index (χ1n) is 13.6. The van der Waals surface area contributed by atoms with Crippen molar-refractivity contribution in [1.29, 1.82) is 0 Å². The average Bonchev–Trinajstić information content (AvgIpc) is 3.16. The van der Waals surface area contributed by atoms with Crippen LogP contribution in [0, 0.1) is 0 Å². The maximum Gasteiger partial charge on any atom is 0.229 e. The normalized spacial score (nSPS) is 18.3. The second kappa shape index (κ2) is 9.45. The molecular weight excluding hydrogens is 496 g/mol. The number of ether oxygens (including phenoxy) is 3. The van der Waals surface area contributed by atoms with Crippen LogP contribution in [0.1, 0.15) is 19.4 Å². The van der Waals surface area contributed by atoms with Crippen molar-refractivity contribution in [3.8, 4) is 23.0 Å². The van der Waals surface area contributed by atoms with Gasteiger partial charge in [-0.1, -0.05) is 60.7 Å². The molecule has 2 heterocycles. The van der Waals surface area contributed by atoms with Crippen LogP contribution in [0.5, 0.6) is 23.0 Å². The summed E-state index contributed by atoms with van der Waals surface area (Å²) in [4.78, 5) is 7.40. The SMILES string of the molecule is CC1(C)c2ccccc2N(CCOc2ccccc2)C12C=Nc1c(ccc3cc(Oc4ccccc4)ccc13)O2. The number of para-hydroxylation sites is 3. The first-order valence-corrected chi connectivity index (χ1v) is 13.6. The summed E-state index contributed by atoms with van der Waals surface area (Å²) < 4.78 is 19.2. The van der Waals surface area contributed by atoms with E-state index < -0.39 is 5.72 Å². The van der Waals surface area contributed by atoms with Gasteiger partial charge in [0.15, 0.2) is 0 Å². The molecule has 1 spiro atoms. The van der Waals surface area contributed by atoms with E-state index in [-0.39, 0.29) is 5.41 Å². The van der Waals surface area contributed by atoms with Gasteiger partial charge in [-0.3, -0.25) is 4.99 Å². The number of fused-ring (bicyclic) bond motifs is 4. The molecule has 5 aromatic carbocycles. The van der Waals surface area contributed by atoms with Gasteiger partial charge in [0.1, 0.15) is 35.3 Å². The van der Waals surface area contributed by atoms with Crippen LogP contribution in [-0.2, 0) is 5.41 Å². The summed E-state index contributed by atoms with van der Waals surface area (Å²) in [5.74, 6) is 3.21. The topological polar surface area (TPSA) is 43.3 Å². The molecule has 0 N–H and O–H groups in total. The molecule has 0 saturated heterocycles. The number of aliphatic imine (C=N–C) groups is 1. The Balaban J connectivity index is 1.23. The van der Waals surface area contributed by atoms with Crippen LogP contribution in [0.2, 0.25) is 0 Å². The van der Waals surface area contributed by atoms with Crippen molar-refractivity contribution in [2.24, 2.45) is 4.99 Å². The molecule has 7 rings (SSSR count). The fraction of sp³-hybridized carbons (Fsp3) is 0.171. The van der Waals surface area contributed by atoms with Crippen LogP contribution in [-0.4, -0.2) is 25.1 Å². The highest BCUT2D eigenvalue weighted by atomic mass is 16.5. The van der Waals surface area contributed by atoms with Crippen LogP contribution >= 0.6 is 0 Å². The molecule has 0 saturated carbocycles. The highest BCUT2D eigenvalue weighted by Gasteiger charge is 2.59. The molecule has 198 valence electrons. The second-order valence-corrected chi connectivity index (χ2v) is 10.7. The summed E-state index contributed by atoms with van der Waals surface area (Å²) >= 11 is 0. The van der Waals surface area contributed by atoms with Gasteiger partial charge >= 0.3 is 0 Å². The Morgan fingerprint density at radius 1 is 0.750 bits per heavy atom. The van der Waals surface area contributed by atoms with Gasteiger partial charge in [-0.25, -0.2) is 0 Å². The Hall–Kier alpha value is -4.77. The number of rotatable bonds is 6. The van der Waals surface area contributed by atoms with Gasteiger partial charge in [-0.2, -0.15) is 0 Å². The lowest BCUT2D eigenvalue weighted by Gasteiger charge is -2.46. The third-order valence-corrected chi connectivity index (χ3v) is 8.03. The molecule has 0 aromatic heterocycles. The number of anilines is 1. The summed E-state index contributed by atoms with van der Waals surface area (Å²) in [7, 11) is 0. The predicted molar refractivity (Wildman–Crippen MR) is 161 cm³/mol. The average molecular weight is 527 g/mol. The Labute approximate surface area is 234 Å². The zero-order valence-corrected chi connectivity index (χ0v) is 22.6.